The topological polar surface area (TPSA) is 184 Å². The van der Waals surface area contributed by atoms with Gasteiger partial charge in [-0.3, -0.25) is 19.2 Å². The van der Waals surface area contributed by atoms with E-state index in [0.717, 1.165) is 0 Å². The maximum Gasteiger partial charge on any atom is 0.198 e. The largest absolute Gasteiger partial charge is 0.507 e. The van der Waals surface area contributed by atoms with Crippen molar-refractivity contribution in [3.63, 3.8) is 0 Å². The van der Waals surface area contributed by atoms with Gasteiger partial charge in [-0.15, -0.1) is 0 Å². The number of ketones is 4. The monoisotopic (exact) mass is 708 g/mol. The van der Waals surface area contributed by atoms with E-state index < -0.39 is 71.8 Å². The minimum absolute atomic E-state index is 0.0276. The van der Waals surface area contributed by atoms with E-state index in [0.29, 0.717) is 31.2 Å². The lowest BCUT2D eigenvalue weighted by atomic mass is 9.72. The Labute approximate surface area is 295 Å². The van der Waals surface area contributed by atoms with Gasteiger partial charge in [-0.2, -0.15) is 0 Å². The van der Waals surface area contributed by atoms with Crippen LogP contribution in [-0.2, 0) is 34.9 Å². The molecule has 3 heterocycles. The standard InChI is InChI=1S/C38H44O13/c1-16-23(39)8-10-29(48-16)50-26-9-11-30(49-17(26)2)51-37-18(3)47-28(13-24(37)40)19-6-7-20-33(34(19)42)36(44)21-12-27(46-5)22-14-38(4,45)15-25(41)31(22)32(21)35(20)43/h6-7,12,16-18,24,26,28-30,37,40,42,45H,8-11,13-15H2,1-5H3/t16-,17-,18+,24-,26-,28+,29-,30-,37+,38+/m0/s1. The van der Waals surface area contributed by atoms with Crippen LogP contribution in [0.4, 0.5) is 0 Å². The summed E-state index contributed by atoms with van der Waals surface area (Å²) in [6.07, 6.45) is -3.54. The fraction of sp³-hybridized carbons (Fsp3) is 0.579. The summed E-state index contributed by atoms with van der Waals surface area (Å²) in [5.41, 5.74) is -1.08. The Morgan fingerprint density at radius 2 is 1.57 bits per heavy atom. The van der Waals surface area contributed by atoms with Gasteiger partial charge < -0.3 is 43.7 Å². The van der Waals surface area contributed by atoms with E-state index in [1.54, 1.807) is 13.8 Å². The van der Waals surface area contributed by atoms with E-state index in [9.17, 15) is 34.5 Å². The zero-order valence-electron chi connectivity index (χ0n) is 29.3. The predicted octanol–water partition coefficient (Wildman–Crippen LogP) is 3.66. The molecule has 0 unspecified atom stereocenters. The second-order valence-corrected chi connectivity index (χ2v) is 14.7. The van der Waals surface area contributed by atoms with Gasteiger partial charge in [0.2, 0.25) is 0 Å². The predicted molar refractivity (Wildman–Crippen MR) is 177 cm³/mol. The molecule has 13 heteroatoms. The van der Waals surface area contributed by atoms with Gasteiger partial charge in [0.1, 0.15) is 23.7 Å². The van der Waals surface area contributed by atoms with Gasteiger partial charge in [-0.05, 0) is 46.2 Å². The molecule has 0 amide bonds. The highest BCUT2D eigenvalue weighted by molar-refractivity contribution is 6.32. The summed E-state index contributed by atoms with van der Waals surface area (Å²) in [7, 11) is 1.38. The number of aliphatic hydroxyl groups is 2. The van der Waals surface area contributed by atoms with Crippen LogP contribution in [0.1, 0.15) is 126 Å². The molecule has 3 N–H and O–H groups in total. The Bertz CT molecular complexity index is 1770. The molecular weight excluding hydrogens is 664 g/mol. The van der Waals surface area contributed by atoms with Crippen LogP contribution in [0.3, 0.4) is 0 Å². The van der Waals surface area contributed by atoms with E-state index in [2.05, 4.69) is 0 Å². The molecule has 0 saturated carbocycles. The number of carbonyl (C=O) groups excluding carboxylic acids is 4. The first kappa shape index (κ1) is 35.8. The second-order valence-electron chi connectivity index (χ2n) is 14.7. The van der Waals surface area contributed by atoms with Crippen LogP contribution in [0, 0.1) is 0 Å². The number of benzene rings is 2. The lowest BCUT2D eigenvalue weighted by molar-refractivity contribution is -0.298. The number of phenolic OH excluding ortho intramolecular Hbond substituents is 1. The van der Waals surface area contributed by atoms with E-state index in [4.69, 9.17) is 28.4 Å². The molecule has 2 aromatic carbocycles. The molecule has 10 atom stereocenters. The number of aliphatic hydroxyl groups excluding tert-OH is 1. The van der Waals surface area contributed by atoms with Gasteiger partial charge in [0, 0.05) is 71.9 Å². The third kappa shape index (κ3) is 6.43. The number of rotatable bonds is 6. The maximum atomic E-state index is 14.0. The first-order chi connectivity index (χ1) is 24.2. The van der Waals surface area contributed by atoms with Crippen LogP contribution < -0.4 is 4.74 Å². The average Bonchev–Trinajstić information content (AvgIpc) is 3.06. The van der Waals surface area contributed by atoms with Gasteiger partial charge >= 0.3 is 0 Å². The molecule has 13 nitrogen and oxygen atoms in total. The van der Waals surface area contributed by atoms with E-state index in [1.807, 2.05) is 6.92 Å². The van der Waals surface area contributed by atoms with Crippen LogP contribution in [0.5, 0.6) is 11.5 Å². The number of methoxy groups -OCH3 is 1. The van der Waals surface area contributed by atoms with Gasteiger partial charge in [0.05, 0.1) is 48.8 Å². The molecule has 3 saturated heterocycles. The van der Waals surface area contributed by atoms with Crippen LogP contribution in [0.2, 0.25) is 0 Å². The molecule has 3 fully saturated rings. The number of phenols is 1. The van der Waals surface area contributed by atoms with Gasteiger partial charge in [-0.25, -0.2) is 0 Å². The first-order valence-electron chi connectivity index (χ1n) is 17.6. The minimum atomic E-state index is -1.34. The smallest absolute Gasteiger partial charge is 0.198 e. The van der Waals surface area contributed by atoms with Crippen LogP contribution in [0.25, 0.3) is 0 Å². The highest BCUT2D eigenvalue weighted by atomic mass is 16.7. The number of ether oxygens (including phenoxy) is 6. The van der Waals surface area contributed by atoms with E-state index in [-0.39, 0.29) is 76.4 Å². The van der Waals surface area contributed by atoms with Crippen molar-refractivity contribution in [2.24, 2.45) is 0 Å². The number of carbonyl (C=O) groups is 4. The summed E-state index contributed by atoms with van der Waals surface area (Å²) in [4.78, 5) is 53.0. The molecule has 0 spiro atoms. The summed E-state index contributed by atoms with van der Waals surface area (Å²) >= 11 is 0. The van der Waals surface area contributed by atoms with Crippen molar-refractivity contribution in [1.82, 2.24) is 0 Å². The highest BCUT2D eigenvalue weighted by Crippen LogP contribution is 2.46. The fourth-order valence-corrected chi connectivity index (χ4v) is 8.19. The van der Waals surface area contributed by atoms with Crippen molar-refractivity contribution in [1.29, 1.82) is 0 Å². The third-order valence-corrected chi connectivity index (χ3v) is 10.8. The normalized spacial score (nSPS) is 35.2. The number of Topliss-reactive ketones (excluding diaryl/α,β-unsaturated/α-hetero) is 2. The Morgan fingerprint density at radius 3 is 2.25 bits per heavy atom. The summed E-state index contributed by atoms with van der Waals surface area (Å²) in [6.45, 7) is 6.87. The molecular formula is C38H44O13. The SMILES string of the molecule is COc1cc2c(c3c1C[C@@](C)(O)CC3=O)C(=O)c1ccc([C@H]3C[C@H](O)[C@H](O[C@H]4CC[C@H](O[C@H]5CCC(=O)[C@H](C)O5)[C@H](C)O4)[C@@H](C)O3)c(O)c1C2=O. The highest BCUT2D eigenvalue weighted by Gasteiger charge is 2.45. The Hall–Kier alpha value is -3.56. The second kappa shape index (κ2) is 13.4. The van der Waals surface area contributed by atoms with E-state index in [1.165, 1.54) is 32.2 Å². The molecule has 0 aromatic heterocycles. The molecule has 0 bridgehead atoms. The van der Waals surface area contributed by atoms with Crippen molar-refractivity contribution in [3.05, 3.63) is 57.1 Å². The fourth-order valence-electron chi connectivity index (χ4n) is 8.19. The van der Waals surface area contributed by atoms with Crippen molar-refractivity contribution in [2.45, 2.75) is 134 Å². The van der Waals surface area contributed by atoms with Crippen molar-refractivity contribution in [3.8, 4) is 11.5 Å². The van der Waals surface area contributed by atoms with Crippen molar-refractivity contribution in [2.75, 3.05) is 7.11 Å². The molecule has 2 aromatic rings. The molecule has 7 rings (SSSR count). The minimum Gasteiger partial charge on any atom is -0.507 e. The zero-order chi connectivity index (χ0) is 36.5. The lowest BCUT2D eigenvalue weighted by Crippen LogP contribution is -2.50. The average molecular weight is 709 g/mol. The summed E-state index contributed by atoms with van der Waals surface area (Å²) in [5, 5.41) is 33.5. The van der Waals surface area contributed by atoms with Crippen molar-refractivity contribution < 1.29 is 62.9 Å². The molecule has 274 valence electrons. The zero-order valence-corrected chi connectivity index (χ0v) is 29.3. The lowest BCUT2D eigenvalue weighted by Gasteiger charge is -2.42. The Kier molecular flexibility index (Phi) is 9.45. The quantitative estimate of drug-likeness (QED) is 0.338. The van der Waals surface area contributed by atoms with Crippen LogP contribution in [-0.4, -0.2) is 100 Å². The summed E-state index contributed by atoms with van der Waals surface area (Å²) in [5.74, 6) is -1.90. The molecule has 3 aliphatic heterocycles. The number of fused-ring (bicyclic) bond motifs is 4. The molecule has 0 radical (unpaired) electrons. The van der Waals surface area contributed by atoms with Gasteiger partial charge in [0.15, 0.2) is 35.7 Å². The van der Waals surface area contributed by atoms with Crippen LogP contribution >= 0.6 is 0 Å². The molecule has 51 heavy (non-hydrogen) atoms. The van der Waals surface area contributed by atoms with Crippen molar-refractivity contribution >= 4 is 23.1 Å². The van der Waals surface area contributed by atoms with Gasteiger partial charge in [-0.1, -0.05) is 6.07 Å². The Morgan fingerprint density at radius 1 is 0.843 bits per heavy atom. The first-order valence-corrected chi connectivity index (χ1v) is 17.6. The maximum absolute atomic E-state index is 14.0. The third-order valence-electron chi connectivity index (χ3n) is 10.8. The van der Waals surface area contributed by atoms with E-state index >= 15 is 0 Å². The van der Waals surface area contributed by atoms with Crippen LogP contribution in [0.15, 0.2) is 18.2 Å². The number of aromatic hydroxyl groups is 1. The molecule has 2 aliphatic carbocycles. The molecule has 5 aliphatic rings. The number of hydrogen-bond donors (Lipinski definition) is 3. The van der Waals surface area contributed by atoms with Gasteiger partial charge in [0.25, 0.3) is 0 Å². The summed E-state index contributed by atoms with van der Waals surface area (Å²) < 4.78 is 35.9. The number of hydrogen-bond acceptors (Lipinski definition) is 13. The Balaban J connectivity index is 1.05. The summed E-state index contributed by atoms with van der Waals surface area (Å²) in [6, 6.07) is 4.32.